The standard InChI is InChI=1S/C16H17NO2/c17-11-13-6-2-4-8-15(13)14-7-3-1-5-12(14)9-10-16(18)19/h1-8H,9-11,17H2,(H,18,19). The quantitative estimate of drug-likeness (QED) is 0.863. The lowest BCUT2D eigenvalue weighted by atomic mass is 9.93. The molecule has 0 aliphatic rings. The van der Waals surface area contributed by atoms with Crippen LogP contribution in [0.2, 0.25) is 0 Å². The number of carboxylic acids is 1. The van der Waals surface area contributed by atoms with Crippen LogP contribution < -0.4 is 5.73 Å². The van der Waals surface area contributed by atoms with Crippen LogP contribution in [-0.4, -0.2) is 11.1 Å². The summed E-state index contributed by atoms with van der Waals surface area (Å²) in [6.45, 7) is 0.476. The van der Waals surface area contributed by atoms with Crippen molar-refractivity contribution in [1.29, 1.82) is 0 Å². The van der Waals surface area contributed by atoms with Gasteiger partial charge in [0.25, 0.3) is 0 Å². The van der Waals surface area contributed by atoms with E-state index in [-0.39, 0.29) is 6.42 Å². The van der Waals surface area contributed by atoms with E-state index in [1.807, 2.05) is 48.5 Å². The van der Waals surface area contributed by atoms with Crippen molar-refractivity contribution in [2.24, 2.45) is 5.73 Å². The second-order valence-electron chi connectivity index (χ2n) is 4.41. The lowest BCUT2D eigenvalue weighted by Crippen LogP contribution is -2.02. The number of aliphatic carboxylic acids is 1. The molecule has 0 radical (unpaired) electrons. The van der Waals surface area contributed by atoms with Gasteiger partial charge in [0.2, 0.25) is 0 Å². The predicted molar refractivity (Wildman–Crippen MR) is 75.7 cm³/mol. The number of benzene rings is 2. The Kier molecular flexibility index (Phi) is 4.31. The molecule has 2 rings (SSSR count). The molecule has 98 valence electrons. The number of aryl methyl sites for hydroxylation is 1. The maximum atomic E-state index is 10.7. The first kappa shape index (κ1) is 13.3. The zero-order valence-electron chi connectivity index (χ0n) is 10.7. The van der Waals surface area contributed by atoms with Crippen LogP contribution in [0.1, 0.15) is 17.5 Å². The number of carboxylic acid groups (broad SMARTS) is 1. The number of hydrogen-bond donors (Lipinski definition) is 2. The van der Waals surface area contributed by atoms with Crippen LogP contribution in [0, 0.1) is 0 Å². The molecule has 0 amide bonds. The molecule has 0 atom stereocenters. The normalized spacial score (nSPS) is 10.4. The van der Waals surface area contributed by atoms with Crippen molar-refractivity contribution < 1.29 is 9.90 Å². The smallest absolute Gasteiger partial charge is 0.303 e. The molecule has 0 aliphatic carbocycles. The summed E-state index contributed by atoms with van der Waals surface area (Å²) < 4.78 is 0. The van der Waals surface area contributed by atoms with Crippen molar-refractivity contribution in [1.82, 2.24) is 0 Å². The lowest BCUT2D eigenvalue weighted by molar-refractivity contribution is -0.136. The van der Waals surface area contributed by atoms with E-state index in [1.165, 1.54) is 0 Å². The van der Waals surface area contributed by atoms with Crippen molar-refractivity contribution in [2.45, 2.75) is 19.4 Å². The third kappa shape index (κ3) is 3.20. The number of hydrogen-bond acceptors (Lipinski definition) is 2. The van der Waals surface area contributed by atoms with E-state index >= 15 is 0 Å². The average Bonchev–Trinajstić information content (AvgIpc) is 2.45. The second-order valence-corrected chi connectivity index (χ2v) is 4.41. The van der Waals surface area contributed by atoms with Crippen LogP contribution in [0.25, 0.3) is 11.1 Å². The molecule has 19 heavy (non-hydrogen) atoms. The highest BCUT2D eigenvalue weighted by Crippen LogP contribution is 2.27. The molecule has 2 aromatic rings. The lowest BCUT2D eigenvalue weighted by Gasteiger charge is -2.12. The number of carbonyl (C=O) groups is 1. The van der Waals surface area contributed by atoms with Gasteiger partial charge in [-0.2, -0.15) is 0 Å². The van der Waals surface area contributed by atoms with Crippen molar-refractivity contribution in [2.75, 3.05) is 0 Å². The Morgan fingerprint density at radius 2 is 1.47 bits per heavy atom. The van der Waals surface area contributed by atoms with E-state index in [4.69, 9.17) is 10.8 Å². The average molecular weight is 255 g/mol. The first-order chi connectivity index (χ1) is 9.22. The summed E-state index contributed by atoms with van der Waals surface area (Å²) in [5.41, 5.74) is 10.1. The molecule has 3 heteroatoms. The fraction of sp³-hybridized carbons (Fsp3) is 0.188. The van der Waals surface area contributed by atoms with Gasteiger partial charge in [-0.05, 0) is 28.7 Å². The minimum atomic E-state index is -0.776. The molecule has 0 spiro atoms. The van der Waals surface area contributed by atoms with Crippen LogP contribution >= 0.6 is 0 Å². The summed E-state index contributed by atoms with van der Waals surface area (Å²) in [5, 5.41) is 8.82. The molecule has 2 aromatic carbocycles. The molecule has 0 aliphatic heterocycles. The number of rotatable bonds is 5. The molecule has 3 nitrogen and oxygen atoms in total. The summed E-state index contributed by atoms with van der Waals surface area (Å²) >= 11 is 0. The Hall–Kier alpha value is -2.13. The van der Waals surface area contributed by atoms with Gasteiger partial charge in [-0.1, -0.05) is 48.5 Å². The molecular weight excluding hydrogens is 238 g/mol. The molecule has 0 saturated heterocycles. The fourth-order valence-electron chi connectivity index (χ4n) is 2.20. The first-order valence-corrected chi connectivity index (χ1v) is 6.30. The molecule has 0 saturated carbocycles. The summed E-state index contributed by atoms with van der Waals surface area (Å²) in [7, 11) is 0. The van der Waals surface area contributed by atoms with Gasteiger partial charge in [0.05, 0.1) is 0 Å². The number of nitrogens with two attached hydrogens (primary N) is 1. The molecule has 0 unspecified atom stereocenters. The molecule has 0 bridgehead atoms. The highest BCUT2D eigenvalue weighted by Gasteiger charge is 2.09. The van der Waals surface area contributed by atoms with E-state index in [0.29, 0.717) is 13.0 Å². The SMILES string of the molecule is NCc1ccccc1-c1ccccc1CCC(=O)O. The Morgan fingerprint density at radius 3 is 2.05 bits per heavy atom. The summed E-state index contributed by atoms with van der Waals surface area (Å²) in [6, 6.07) is 15.9. The Morgan fingerprint density at radius 1 is 0.947 bits per heavy atom. The van der Waals surface area contributed by atoms with E-state index in [1.54, 1.807) is 0 Å². The van der Waals surface area contributed by atoms with Crippen molar-refractivity contribution in [3.63, 3.8) is 0 Å². The zero-order valence-corrected chi connectivity index (χ0v) is 10.7. The molecule has 0 heterocycles. The Balaban J connectivity index is 2.41. The third-order valence-electron chi connectivity index (χ3n) is 3.15. The van der Waals surface area contributed by atoms with Gasteiger partial charge < -0.3 is 10.8 Å². The summed E-state index contributed by atoms with van der Waals surface area (Å²) in [4.78, 5) is 10.7. The Labute approximate surface area is 112 Å². The monoisotopic (exact) mass is 255 g/mol. The highest BCUT2D eigenvalue weighted by atomic mass is 16.4. The van der Waals surface area contributed by atoms with Crippen molar-refractivity contribution >= 4 is 5.97 Å². The van der Waals surface area contributed by atoms with Gasteiger partial charge in [0.15, 0.2) is 0 Å². The minimum absolute atomic E-state index is 0.141. The fourth-order valence-corrected chi connectivity index (χ4v) is 2.20. The third-order valence-corrected chi connectivity index (χ3v) is 3.15. The van der Waals surface area contributed by atoms with Crippen LogP contribution in [0.4, 0.5) is 0 Å². The van der Waals surface area contributed by atoms with Crippen LogP contribution in [-0.2, 0) is 17.8 Å². The van der Waals surface area contributed by atoms with Crippen molar-refractivity contribution in [3.05, 3.63) is 59.7 Å². The Bertz CT molecular complexity index is 578. The van der Waals surface area contributed by atoms with Gasteiger partial charge in [0, 0.05) is 13.0 Å². The minimum Gasteiger partial charge on any atom is -0.481 e. The van der Waals surface area contributed by atoms with Crippen LogP contribution in [0.15, 0.2) is 48.5 Å². The van der Waals surface area contributed by atoms with Gasteiger partial charge in [-0.3, -0.25) is 4.79 Å². The van der Waals surface area contributed by atoms with E-state index in [9.17, 15) is 4.79 Å². The highest BCUT2D eigenvalue weighted by molar-refractivity contribution is 5.72. The van der Waals surface area contributed by atoms with Crippen LogP contribution in [0.5, 0.6) is 0 Å². The van der Waals surface area contributed by atoms with Gasteiger partial charge >= 0.3 is 5.97 Å². The second kappa shape index (κ2) is 6.16. The molecule has 3 N–H and O–H groups in total. The predicted octanol–water partition coefficient (Wildman–Crippen LogP) is 2.83. The van der Waals surface area contributed by atoms with E-state index in [2.05, 4.69) is 0 Å². The zero-order chi connectivity index (χ0) is 13.7. The largest absolute Gasteiger partial charge is 0.481 e. The summed E-state index contributed by atoms with van der Waals surface area (Å²) in [5.74, 6) is -0.776. The maximum Gasteiger partial charge on any atom is 0.303 e. The maximum absolute atomic E-state index is 10.7. The van der Waals surface area contributed by atoms with Gasteiger partial charge in [0.1, 0.15) is 0 Å². The van der Waals surface area contributed by atoms with Gasteiger partial charge in [-0.15, -0.1) is 0 Å². The summed E-state index contributed by atoms with van der Waals surface area (Å²) in [6.07, 6.45) is 0.673. The topological polar surface area (TPSA) is 63.3 Å². The first-order valence-electron chi connectivity index (χ1n) is 6.30. The molecule has 0 aromatic heterocycles. The van der Waals surface area contributed by atoms with E-state index < -0.39 is 5.97 Å². The van der Waals surface area contributed by atoms with Crippen LogP contribution in [0.3, 0.4) is 0 Å². The van der Waals surface area contributed by atoms with E-state index in [0.717, 1.165) is 22.3 Å². The van der Waals surface area contributed by atoms with Crippen molar-refractivity contribution in [3.8, 4) is 11.1 Å². The molecule has 0 fully saturated rings. The molecular formula is C16H17NO2. The van der Waals surface area contributed by atoms with Gasteiger partial charge in [-0.25, -0.2) is 0 Å².